The van der Waals surface area contributed by atoms with Crippen LogP contribution in [0.4, 0.5) is 0 Å². The van der Waals surface area contributed by atoms with Crippen LogP contribution >= 0.6 is 7.82 Å². The highest BCUT2D eigenvalue weighted by molar-refractivity contribution is 7.46. The molecular formula is C45H77O8P. The number of ether oxygens (including phenoxy) is 2. The van der Waals surface area contributed by atoms with Gasteiger partial charge in [-0.1, -0.05) is 157 Å². The van der Waals surface area contributed by atoms with Crippen LogP contribution in [0, 0.1) is 0 Å². The fourth-order valence-corrected chi connectivity index (χ4v) is 5.93. The summed E-state index contributed by atoms with van der Waals surface area (Å²) in [5, 5.41) is 0. The highest BCUT2D eigenvalue weighted by Gasteiger charge is 2.22. The van der Waals surface area contributed by atoms with Gasteiger partial charge >= 0.3 is 19.8 Å². The van der Waals surface area contributed by atoms with Gasteiger partial charge in [-0.15, -0.1) is 0 Å². The molecule has 0 aromatic heterocycles. The molecule has 0 aliphatic heterocycles. The van der Waals surface area contributed by atoms with E-state index >= 15 is 0 Å². The normalized spacial score (nSPS) is 13.2. The molecule has 0 fully saturated rings. The first kappa shape index (κ1) is 51.5. The molecule has 1 unspecified atom stereocenters. The molecule has 1 atom stereocenters. The van der Waals surface area contributed by atoms with Crippen LogP contribution in [-0.2, 0) is 28.2 Å². The highest BCUT2D eigenvalue weighted by Crippen LogP contribution is 2.36. The molecule has 9 heteroatoms. The van der Waals surface area contributed by atoms with E-state index in [-0.39, 0.29) is 19.4 Å². The number of allylic oxidation sites excluding steroid dienone is 12. The van der Waals surface area contributed by atoms with Crippen LogP contribution in [0.2, 0.25) is 0 Å². The molecule has 0 amide bonds. The minimum absolute atomic E-state index is 0.191. The van der Waals surface area contributed by atoms with E-state index in [1.807, 2.05) is 0 Å². The van der Waals surface area contributed by atoms with E-state index in [2.05, 4.69) is 91.3 Å². The maximum atomic E-state index is 12.4. The lowest BCUT2D eigenvalue weighted by atomic mass is 10.1. The zero-order chi connectivity index (χ0) is 39.6. The molecule has 0 aliphatic rings. The van der Waals surface area contributed by atoms with Gasteiger partial charge in [-0.3, -0.25) is 14.1 Å². The number of phosphoric acid groups is 1. The second kappa shape index (κ2) is 40.2. The second-order valence-electron chi connectivity index (χ2n) is 13.9. The summed E-state index contributed by atoms with van der Waals surface area (Å²) < 4.78 is 26.4. The van der Waals surface area contributed by atoms with Gasteiger partial charge in [0.2, 0.25) is 0 Å². The molecule has 0 saturated heterocycles. The van der Waals surface area contributed by atoms with Gasteiger partial charge < -0.3 is 19.3 Å². The van der Waals surface area contributed by atoms with Gasteiger partial charge in [0.15, 0.2) is 6.10 Å². The molecule has 0 spiro atoms. The first-order chi connectivity index (χ1) is 26.3. The van der Waals surface area contributed by atoms with Gasteiger partial charge in [-0.05, 0) is 83.5 Å². The van der Waals surface area contributed by atoms with Crippen molar-refractivity contribution < 1.29 is 37.9 Å². The van der Waals surface area contributed by atoms with Crippen molar-refractivity contribution in [1.29, 1.82) is 0 Å². The van der Waals surface area contributed by atoms with E-state index in [0.717, 1.165) is 96.3 Å². The molecule has 0 aliphatic carbocycles. The zero-order valence-corrected chi connectivity index (χ0v) is 35.0. The molecule has 54 heavy (non-hydrogen) atoms. The maximum Gasteiger partial charge on any atom is 0.469 e. The summed E-state index contributed by atoms with van der Waals surface area (Å²) in [6, 6.07) is 0. The van der Waals surface area contributed by atoms with E-state index < -0.39 is 32.5 Å². The van der Waals surface area contributed by atoms with Gasteiger partial charge in [0.05, 0.1) is 6.61 Å². The Hall–Kier alpha value is -2.51. The van der Waals surface area contributed by atoms with Gasteiger partial charge in [-0.25, -0.2) is 4.57 Å². The van der Waals surface area contributed by atoms with Crippen molar-refractivity contribution >= 4 is 19.8 Å². The van der Waals surface area contributed by atoms with Crippen LogP contribution in [-0.4, -0.2) is 41.0 Å². The molecule has 0 heterocycles. The van der Waals surface area contributed by atoms with Crippen molar-refractivity contribution in [2.75, 3.05) is 13.2 Å². The van der Waals surface area contributed by atoms with Gasteiger partial charge in [0.25, 0.3) is 0 Å². The average molecular weight is 777 g/mol. The molecule has 2 N–H and O–H groups in total. The highest BCUT2D eigenvalue weighted by atomic mass is 31.2. The Bertz CT molecular complexity index is 1100. The van der Waals surface area contributed by atoms with Crippen LogP contribution in [0.25, 0.3) is 0 Å². The lowest BCUT2D eigenvalue weighted by molar-refractivity contribution is -0.161. The predicted molar refractivity (Wildman–Crippen MR) is 225 cm³/mol. The van der Waals surface area contributed by atoms with Gasteiger partial charge in [0.1, 0.15) is 6.61 Å². The fourth-order valence-electron chi connectivity index (χ4n) is 5.57. The predicted octanol–water partition coefficient (Wildman–Crippen LogP) is 13.1. The zero-order valence-electron chi connectivity index (χ0n) is 34.1. The monoisotopic (exact) mass is 777 g/mol. The number of esters is 2. The number of carbonyl (C=O) groups is 2. The average Bonchev–Trinajstić information content (AvgIpc) is 3.14. The Balaban J connectivity index is 3.97. The van der Waals surface area contributed by atoms with Crippen molar-refractivity contribution in [3.63, 3.8) is 0 Å². The van der Waals surface area contributed by atoms with Crippen molar-refractivity contribution in [2.24, 2.45) is 0 Å². The van der Waals surface area contributed by atoms with Crippen molar-refractivity contribution in [3.05, 3.63) is 72.9 Å². The summed E-state index contributed by atoms with van der Waals surface area (Å²) in [5.74, 6) is -0.915. The van der Waals surface area contributed by atoms with Gasteiger partial charge in [-0.2, -0.15) is 0 Å². The van der Waals surface area contributed by atoms with Crippen LogP contribution in [0.5, 0.6) is 0 Å². The topological polar surface area (TPSA) is 119 Å². The Labute approximate surface area is 329 Å². The number of phosphoric ester groups is 1. The van der Waals surface area contributed by atoms with Crippen molar-refractivity contribution in [1.82, 2.24) is 0 Å². The molecule has 0 radical (unpaired) electrons. The number of hydrogen-bond donors (Lipinski definition) is 2. The summed E-state index contributed by atoms with van der Waals surface area (Å²) in [6.07, 6.45) is 51.8. The number of hydrogen-bond acceptors (Lipinski definition) is 6. The molecule has 310 valence electrons. The Morgan fingerprint density at radius 3 is 1.33 bits per heavy atom. The summed E-state index contributed by atoms with van der Waals surface area (Å²) in [7, 11) is -4.76. The molecule has 0 rings (SSSR count). The van der Waals surface area contributed by atoms with Crippen LogP contribution in [0.15, 0.2) is 72.9 Å². The third-order valence-corrected chi connectivity index (χ3v) is 9.19. The molecule has 0 aromatic carbocycles. The van der Waals surface area contributed by atoms with E-state index in [1.165, 1.54) is 44.9 Å². The molecular weight excluding hydrogens is 699 g/mol. The first-order valence-corrected chi connectivity index (χ1v) is 22.8. The minimum Gasteiger partial charge on any atom is -0.462 e. The summed E-state index contributed by atoms with van der Waals surface area (Å²) in [5.41, 5.74) is 0. The number of carbonyl (C=O) groups excluding carboxylic acids is 2. The largest absolute Gasteiger partial charge is 0.469 e. The minimum atomic E-state index is -4.76. The first-order valence-electron chi connectivity index (χ1n) is 21.2. The van der Waals surface area contributed by atoms with Crippen molar-refractivity contribution in [2.45, 2.75) is 187 Å². The standard InChI is InChI=1S/C45H77O8P/c1-3-5-7-9-11-13-15-17-19-21-22-24-26-28-30-32-34-36-38-40-45(47)53-43(42-52-54(48,49)50)41-51-44(46)39-37-35-33-31-29-27-25-23-20-18-16-14-12-10-8-6-4-2/h6,8,11-14,17-20,22,24,43H,3-5,7,9-10,15-16,21,23,25-42H2,1-2H3,(H2,48,49,50)/b8-6-,13-11-,14-12-,19-17-,20-18-,24-22-. The Kier molecular flexibility index (Phi) is 38.3. The number of rotatable bonds is 38. The van der Waals surface area contributed by atoms with Crippen LogP contribution < -0.4 is 0 Å². The third kappa shape index (κ3) is 42.2. The smallest absolute Gasteiger partial charge is 0.462 e. The van der Waals surface area contributed by atoms with E-state index in [0.29, 0.717) is 12.8 Å². The lowest BCUT2D eigenvalue weighted by Gasteiger charge is -2.18. The SMILES string of the molecule is CC/C=C\C/C=C\C/C=C\CCCCCCCCCC(=O)OCC(COP(=O)(O)O)OC(=O)CCCCCCCC/C=C\C/C=C\C/C=C\CCCCC. The van der Waals surface area contributed by atoms with E-state index in [4.69, 9.17) is 19.3 Å². The Morgan fingerprint density at radius 2 is 0.889 bits per heavy atom. The molecule has 0 bridgehead atoms. The second-order valence-corrected chi connectivity index (χ2v) is 15.2. The fraction of sp³-hybridized carbons (Fsp3) is 0.689. The quantitative estimate of drug-likeness (QED) is 0.0275. The van der Waals surface area contributed by atoms with Crippen LogP contribution in [0.3, 0.4) is 0 Å². The number of unbranched alkanes of at least 4 members (excludes halogenated alkanes) is 16. The summed E-state index contributed by atoms with van der Waals surface area (Å²) in [4.78, 5) is 42.9. The van der Waals surface area contributed by atoms with E-state index in [1.54, 1.807) is 0 Å². The molecule has 0 aromatic rings. The molecule has 8 nitrogen and oxygen atoms in total. The maximum absolute atomic E-state index is 12.4. The lowest BCUT2D eigenvalue weighted by Crippen LogP contribution is -2.29. The molecule has 0 saturated carbocycles. The van der Waals surface area contributed by atoms with Gasteiger partial charge in [0, 0.05) is 12.8 Å². The van der Waals surface area contributed by atoms with Crippen molar-refractivity contribution in [3.8, 4) is 0 Å². The van der Waals surface area contributed by atoms with Crippen LogP contribution in [0.1, 0.15) is 181 Å². The summed E-state index contributed by atoms with van der Waals surface area (Å²) in [6.45, 7) is 3.53. The Morgan fingerprint density at radius 1 is 0.500 bits per heavy atom. The summed E-state index contributed by atoms with van der Waals surface area (Å²) >= 11 is 0. The van der Waals surface area contributed by atoms with E-state index in [9.17, 15) is 14.2 Å². The third-order valence-electron chi connectivity index (χ3n) is 8.71.